The fourth-order valence-corrected chi connectivity index (χ4v) is 3.21. The Morgan fingerprint density at radius 2 is 2.33 bits per heavy atom. The summed E-state index contributed by atoms with van der Waals surface area (Å²) in [4.78, 5) is 34.2. The van der Waals surface area contributed by atoms with E-state index in [9.17, 15) is 14.6 Å². The quantitative estimate of drug-likeness (QED) is 0.678. The second-order valence-electron chi connectivity index (χ2n) is 4.91. The van der Waals surface area contributed by atoms with Gasteiger partial charge in [0, 0.05) is 18.2 Å². The maximum absolute atomic E-state index is 11.9. The van der Waals surface area contributed by atoms with Crippen LogP contribution in [-0.2, 0) is 21.1 Å². The minimum absolute atomic E-state index is 0.176. The lowest BCUT2D eigenvalue weighted by Crippen LogP contribution is -2.28. The molecule has 0 bridgehead atoms. The molecule has 1 aromatic rings. The number of ether oxygens (including phenoxy) is 1. The van der Waals surface area contributed by atoms with Crippen LogP contribution in [0.25, 0.3) is 0 Å². The van der Waals surface area contributed by atoms with Crippen molar-refractivity contribution in [1.82, 2.24) is 9.55 Å². The summed E-state index contributed by atoms with van der Waals surface area (Å²) in [6.45, 7) is -0.175. The summed E-state index contributed by atoms with van der Waals surface area (Å²) in [7, 11) is 0. The lowest BCUT2D eigenvalue weighted by molar-refractivity contribution is -0.0194. The molecule has 0 amide bonds. The van der Waals surface area contributed by atoms with Crippen LogP contribution >= 0.6 is 6.72 Å². The van der Waals surface area contributed by atoms with E-state index in [2.05, 4.69) is 16.8 Å². The van der Waals surface area contributed by atoms with Crippen molar-refractivity contribution in [3.05, 3.63) is 22.2 Å². The first-order chi connectivity index (χ1) is 9.71. The lowest BCUT2D eigenvalue weighted by atomic mass is 10.1. The van der Waals surface area contributed by atoms with Crippen molar-refractivity contribution in [3.63, 3.8) is 0 Å². The number of aromatic nitrogens is 2. The van der Waals surface area contributed by atoms with Gasteiger partial charge in [-0.25, -0.2) is 4.79 Å². The maximum Gasteiger partial charge on any atom is 0.351 e. The number of aryl methyl sites for hydroxylation is 1. The van der Waals surface area contributed by atoms with Crippen LogP contribution in [0.1, 0.15) is 31.6 Å². The molecule has 21 heavy (non-hydrogen) atoms. The van der Waals surface area contributed by atoms with Gasteiger partial charge in [-0.2, -0.15) is 4.98 Å². The molecule has 1 fully saturated rings. The molecule has 10 heteroatoms. The van der Waals surface area contributed by atoms with Gasteiger partial charge < -0.3 is 24.8 Å². The molecule has 0 radical (unpaired) electrons. The van der Waals surface area contributed by atoms with Gasteiger partial charge in [0.25, 0.3) is 0 Å². The molecular weight excluding hydrogens is 317 g/mol. The van der Waals surface area contributed by atoms with Crippen LogP contribution in [0.2, 0.25) is 0 Å². The van der Waals surface area contributed by atoms with Crippen LogP contribution in [0, 0.1) is 6.92 Å². The van der Waals surface area contributed by atoms with Crippen LogP contribution in [0.5, 0.6) is 0 Å². The van der Waals surface area contributed by atoms with Gasteiger partial charge in [0.1, 0.15) is 12.0 Å². The van der Waals surface area contributed by atoms with Crippen molar-refractivity contribution in [2.45, 2.75) is 45.1 Å². The summed E-state index contributed by atoms with van der Waals surface area (Å²) in [6.07, 6.45) is 0.890. The first kappa shape index (κ1) is 16.5. The van der Waals surface area contributed by atoms with Crippen molar-refractivity contribution in [1.29, 1.82) is 0 Å². The number of nitrogen functional groups attached to an aromatic ring is 1. The van der Waals surface area contributed by atoms with Crippen LogP contribution in [0.4, 0.5) is 5.82 Å². The third kappa shape index (κ3) is 3.88. The van der Waals surface area contributed by atoms with Crippen molar-refractivity contribution >= 4 is 24.3 Å². The fourth-order valence-electron chi connectivity index (χ4n) is 2.31. The monoisotopic (exact) mass is 335 g/mol. The molecule has 2 rings (SSSR count). The normalized spacial score (nSPS) is 26.2. The molecule has 3 atom stereocenters. The highest BCUT2D eigenvalue weighted by molar-refractivity contribution is 8.06. The summed E-state index contributed by atoms with van der Waals surface area (Å²) in [5.41, 5.74) is 5.72. The van der Waals surface area contributed by atoms with E-state index in [1.54, 1.807) is 13.1 Å². The Morgan fingerprint density at radius 1 is 1.67 bits per heavy atom. The fraction of sp³-hybridized carbons (Fsp3) is 0.636. The molecule has 1 aliphatic rings. The molecule has 0 saturated carbocycles. The molecule has 1 aromatic heterocycles. The average Bonchev–Trinajstić information content (AvgIpc) is 2.74. The topological polar surface area (TPSA) is 120 Å². The van der Waals surface area contributed by atoms with Gasteiger partial charge in [-0.05, 0) is 25.2 Å². The zero-order valence-corrected chi connectivity index (χ0v) is 13.4. The lowest BCUT2D eigenvalue weighted by Gasteiger charge is -2.19. The molecule has 1 aliphatic heterocycles. The highest BCUT2D eigenvalue weighted by Crippen LogP contribution is 2.44. The second kappa shape index (κ2) is 6.12. The Bertz CT molecular complexity index is 631. The number of nitrogens with zero attached hydrogens (tertiary/aromatic N) is 2. The Hall–Kier alpha value is -0.830. The zero-order chi connectivity index (χ0) is 15.8. The van der Waals surface area contributed by atoms with Gasteiger partial charge in [0.15, 0.2) is 0 Å². The Labute approximate surface area is 126 Å². The molecule has 118 valence electrons. The molecule has 1 saturated heterocycles. The second-order valence-corrected chi connectivity index (χ2v) is 7.53. The molecule has 2 heterocycles. The number of rotatable bonds is 4. The van der Waals surface area contributed by atoms with Crippen LogP contribution in [0.3, 0.4) is 0 Å². The van der Waals surface area contributed by atoms with Crippen LogP contribution < -0.4 is 11.4 Å². The molecule has 0 spiro atoms. The third-order valence-corrected chi connectivity index (χ3v) is 4.14. The van der Waals surface area contributed by atoms with E-state index in [4.69, 9.17) is 15.0 Å². The first-order valence-electron chi connectivity index (χ1n) is 6.46. The molecule has 4 N–H and O–H groups in total. The van der Waals surface area contributed by atoms with E-state index < -0.39 is 24.7 Å². The van der Waals surface area contributed by atoms with E-state index in [0.717, 1.165) is 0 Å². The van der Waals surface area contributed by atoms with Crippen molar-refractivity contribution in [2.75, 3.05) is 5.73 Å². The molecule has 0 aliphatic carbocycles. The first-order valence-corrected chi connectivity index (χ1v) is 9.08. The minimum atomic E-state index is -3.78. The van der Waals surface area contributed by atoms with E-state index in [0.29, 0.717) is 12.0 Å². The summed E-state index contributed by atoms with van der Waals surface area (Å²) in [5.74, 6) is 0.176. The number of nitrogens with two attached hydrogens (primary N) is 1. The highest BCUT2D eigenvalue weighted by atomic mass is 32.5. The van der Waals surface area contributed by atoms with E-state index >= 15 is 0 Å². The SMILES string of the molecule is CC[C@H]1O[C@@H](n2cc(C)c(N)nc2=O)CC1OP(O)(O)=S. The summed E-state index contributed by atoms with van der Waals surface area (Å²) < 4.78 is 12.2. The van der Waals surface area contributed by atoms with Gasteiger partial charge in [-0.15, -0.1) is 0 Å². The van der Waals surface area contributed by atoms with Crippen LogP contribution in [0.15, 0.2) is 11.0 Å². The third-order valence-electron chi connectivity index (χ3n) is 3.34. The Kier molecular flexibility index (Phi) is 4.82. The number of anilines is 1. The standard InChI is InChI=1S/C11H18N3O5PS/c1-3-7-8(19-20(16,17)21)4-9(18-7)14-5-6(2)10(12)13-11(14)15/h5,7-9H,3-4H2,1-2H3,(H2,12,13,15)(H2,16,17,21)/t7-,8?,9-/m1/s1. The van der Waals surface area contributed by atoms with Crippen molar-refractivity contribution in [3.8, 4) is 0 Å². The summed E-state index contributed by atoms with van der Waals surface area (Å²) in [6, 6.07) is 0. The van der Waals surface area contributed by atoms with Gasteiger partial charge in [0.2, 0.25) is 0 Å². The number of hydrogen-bond donors (Lipinski definition) is 3. The zero-order valence-electron chi connectivity index (χ0n) is 11.7. The predicted octanol–water partition coefficient (Wildman–Crippen LogP) is 0.426. The number of hydrogen-bond acceptors (Lipinski definition) is 6. The maximum atomic E-state index is 11.9. The van der Waals surface area contributed by atoms with Gasteiger partial charge in [0.05, 0.1) is 12.2 Å². The highest BCUT2D eigenvalue weighted by Gasteiger charge is 2.38. The van der Waals surface area contributed by atoms with E-state index in [1.807, 2.05) is 6.92 Å². The summed E-state index contributed by atoms with van der Waals surface area (Å²) in [5, 5.41) is 0. The average molecular weight is 335 g/mol. The minimum Gasteiger partial charge on any atom is -0.383 e. The molecule has 8 nitrogen and oxygen atoms in total. The molecule has 0 aromatic carbocycles. The molecule has 1 unspecified atom stereocenters. The van der Waals surface area contributed by atoms with Crippen LogP contribution in [-0.4, -0.2) is 31.5 Å². The predicted molar refractivity (Wildman–Crippen MR) is 80.1 cm³/mol. The van der Waals surface area contributed by atoms with Crippen molar-refractivity contribution in [2.24, 2.45) is 0 Å². The Balaban J connectivity index is 2.25. The van der Waals surface area contributed by atoms with E-state index in [1.165, 1.54) is 4.57 Å². The van der Waals surface area contributed by atoms with Gasteiger partial charge in [-0.3, -0.25) is 4.57 Å². The largest absolute Gasteiger partial charge is 0.383 e. The van der Waals surface area contributed by atoms with E-state index in [-0.39, 0.29) is 18.3 Å². The van der Waals surface area contributed by atoms with Gasteiger partial charge in [-0.1, -0.05) is 6.92 Å². The summed E-state index contributed by atoms with van der Waals surface area (Å²) >= 11 is 4.49. The Morgan fingerprint density at radius 3 is 2.90 bits per heavy atom. The molecular formula is C11H18N3O5PS. The van der Waals surface area contributed by atoms with Crippen molar-refractivity contribution < 1.29 is 19.0 Å². The van der Waals surface area contributed by atoms with Gasteiger partial charge >= 0.3 is 12.4 Å². The smallest absolute Gasteiger partial charge is 0.351 e.